The monoisotopic (exact) mass is 253 g/mol. The average molecular weight is 253 g/mol. The molecule has 9 heteroatoms. The molecule has 1 aromatic heterocycles. The fourth-order valence-corrected chi connectivity index (χ4v) is 1.92. The molecule has 2 heterocycles. The van der Waals surface area contributed by atoms with Gasteiger partial charge in [0.25, 0.3) is 0 Å². The van der Waals surface area contributed by atoms with E-state index in [1.165, 1.54) is 4.90 Å². The first-order valence-corrected chi connectivity index (χ1v) is 5.27. The first kappa shape index (κ1) is 12.0. The Morgan fingerprint density at radius 2 is 2.39 bits per heavy atom. The number of rotatable bonds is 3. The molecule has 0 amide bonds. The highest BCUT2D eigenvalue weighted by Crippen LogP contribution is 2.26. The van der Waals surface area contributed by atoms with E-state index in [0.717, 1.165) is 6.20 Å². The maximum absolute atomic E-state index is 11.0. The summed E-state index contributed by atoms with van der Waals surface area (Å²) in [7, 11) is 0. The zero-order chi connectivity index (χ0) is 13.3. The molecule has 0 saturated carbocycles. The topological polar surface area (TPSA) is 135 Å². The van der Waals surface area contributed by atoms with Crippen LogP contribution in [0.3, 0.4) is 0 Å². The maximum Gasteiger partial charge on any atom is 0.329 e. The molecule has 2 rings (SSSR count). The smallest absolute Gasteiger partial charge is 0.329 e. The van der Waals surface area contributed by atoms with Crippen LogP contribution < -0.4 is 10.6 Å². The van der Waals surface area contributed by atoms with Gasteiger partial charge in [-0.2, -0.15) is 4.98 Å². The second-order valence-corrected chi connectivity index (χ2v) is 3.89. The number of carbonyl (C=O) groups is 1. The molecule has 0 spiro atoms. The van der Waals surface area contributed by atoms with Crippen LogP contribution in [0.15, 0.2) is 6.20 Å². The highest BCUT2D eigenvalue weighted by atomic mass is 16.6. The van der Waals surface area contributed by atoms with Crippen molar-refractivity contribution in [1.29, 1.82) is 0 Å². The Hall–Kier alpha value is -2.45. The molecule has 1 aromatic rings. The van der Waals surface area contributed by atoms with Crippen molar-refractivity contribution in [2.75, 3.05) is 17.2 Å². The van der Waals surface area contributed by atoms with E-state index < -0.39 is 16.9 Å². The Morgan fingerprint density at radius 3 is 2.94 bits per heavy atom. The number of aliphatic carboxylic acids is 1. The number of nitro groups is 1. The molecule has 0 aromatic carbocycles. The lowest BCUT2D eigenvalue weighted by Gasteiger charge is -2.20. The number of nitrogens with two attached hydrogens (primary N) is 1. The van der Waals surface area contributed by atoms with Gasteiger partial charge in [-0.15, -0.1) is 0 Å². The van der Waals surface area contributed by atoms with Gasteiger partial charge >= 0.3 is 11.7 Å². The van der Waals surface area contributed by atoms with Crippen molar-refractivity contribution in [1.82, 2.24) is 9.97 Å². The summed E-state index contributed by atoms with van der Waals surface area (Å²) in [6.45, 7) is 0.494. The van der Waals surface area contributed by atoms with Gasteiger partial charge in [0, 0.05) is 6.54 Å². The lowest BCUT2D eigenvalue weighted by molar-refractivity contribution is -0.384. The van der Waals surface area contributed by atoms with Crippen molar-refractivity contribution in [3.05, 3.63) is 16.3 Å². The molecule has 18 heavy (non-hydrogen) atoms. The van der Waals surface area contributed by atoms with E-state index in [-0.39, 0.29) is 17.5 Å². The van der Waals surface area contributed by atoms with Crippen LogP contribution in [0.1, 0.15) is 12.8 Å². The number of anilines is 2. The predicted octanol–water partition coefficient (Wildman–Crippen LogP) is 0.0204. The summed E-state index contributed by atoms with van der Waals surface area (Å²) in [6.07, 6.45) is 2.20. The molecular weight excluding hydrogens is 242 g/mol. The van der Waals surface area contributed by atoms with Gasteiger partial charge in [0.15, 0.2) is 0 Å². The van der Waals surface area contributed by atoms with Gasteiger partial charge in [-0.25, -0.2) is 9.78 Å². The average Bonchev–Trinajstić information content (AvgIpc) is 2.77. The van der Waals surface area contributed by atoms with E-state index in [9.17, 15) is 14.9 Å². The van der Waals surface area contributed by atoms with Crippen molar-refractivity contribution in [3.63, 3.8) is 0 Å². The van der Waals surface area contributed by atoms with Crippen LogP contribution in [-0.2, 0) is 4.79 Å². The van der Waals surface area contributed by atoms with E-state index in [4.69, 9.17) is 10.8 Å². The summed E-state index contributed by atoms with van der Waals surface area (Å²) in [6, 6.07) is -0.703. The van der Waals surface area contributed by atoms with Crippen LogP contribution in [0, 0.1) is 10.1 Å². The summed E-state index contributed by atoms with van der Waals surface area (Å²) in [5.74, 6) is -1.11. The van der Waals surface area contributed by atoms with Crippen LogP contribution in [-0.4, -0.2) is 38.6 Å². The molecule has 1 atom stereocenters. The quantitative estimate of drug-likeness (QED) is 0.568. The second-order valence-electron chi connectivity index (χ2n) is 3.89. The SMILES string of the molecule is Nc1nc(N2CCCC2C(=O)O)ncc1[N+](=O)[O-]. The second kappa shape index (κ2) is 4.43. The summed E-state index contributed by atoms with van der Waals surface area (Å²) < 4.78 is 0. The Balaban J connectivity index is 2.32. The van der Waals surface area contributed by atoms with E-state index in [1.807, 2.05) is 0 Å². The van der Waals surface area contributed by atoms with Crippen molar-refractivity contribution < 1.29 is 14.8 Å². The van der Waals surface area contributed by atoms with E-state index in [1.54, 1.807) is 0 Å². The standard InChI is InChI=1S/C9H11N5O4/c10-7-6(14(17)18)4-11-9(12-7)13-3-1-2-5(13)8(15)16/h4-5H,1-3H2,(H,15,16)(H2,10,11,12). The third-order valence-electron chi connectivity index (χ3n) is 2.78. The Labute approximate surface area is 101 Å². The van der Waals surface area contributed by atoms with Gasteiger partial charge in [0.1, 0.15) is 12.2 Å². The molecule has 1 unspecified atom stereocenters. The number of aromatic nitrogens is 2. The van der Waals surface area contributed by atoms with Gasteiger partial charge in [0.2, 0.25) is 11.8 Å². The molecule has 3 N–H and O–H groups in total. The fourth-order valence-electron chi connectivity index (χ4n) is 1.92. The summed E-state index contributed by atoms with van der Waals surface area (Å²) in [5.41, 5.74) is 5.06. The van der Waals surface area contributed by atoms with Crippen LogP contribution in [0.25, 0.3) is 0 Å². The lowest BCUT2D eigenvalue weighted by Crippen LogP contribution is -2.37. The number of carboxylic acid groups (broad SMARTS) is 1. The van der Waals surface area contributed by atoms with Crippen molar-refractivity contribution in [3.8, 4) is 0 Å². The fraction of sp³-hybridized carbons (Fsp3) is 0.444. The summed E-state index contributed by atoms with van der Waals surface area (Å²) in [4.78, 5) is 30.0. The first-order chi connectivity index (χ1) is 8.50. The van der Waals surface area contributed by atoms with Crippen LogP contribution in [0.4, 0.5) is 17.5 Å². The Kier molecular flexibility index (Phi) is 2.96. The maximum atomic E-state index is 11.0. The molecule has 1 fully saturated rings. The Bertz CT molecular complexity index is 506. The molecular formula is C9H11N5O4. The minimum Gasteiger partial charge on any atom is -0.480 e. The number of hydrogen-bond donors (Lipinski definition) is 2. The summed E-state index contributed by atoms with van der Waals surface area (Å²) >= 11 is 0. The highest BCUT2D eigenvalue weighted by Gasteiger charge is 2.33. The van der Waals surface area contributed by atoms with Gasteiger partial charge in [-0.3, -0.25) is 10.1 Å². The molecule has 0 bridgehead atoms. The number of nitrogens with zero attached hydrogens (tertiary/aromatic N) is 4. The van der Waals surface area contributed by atoms with Gasteiger partial charge in [-0.05, 0) is 12.8 Å². The number of carboxylic acids is 1. The normalized spacial score (nSPS) is 18.9. The van der Waals surface area contributed by atoms with E-state index in [0.29, 0.717) is 19.4 Å². The number of nitrogen functional groups attached to an aromatic ring is 1. The summed E-state index contributed by atoms with van der Waals surface area (Å²) in [5, 5.41) is 19.6. The molecule has 0 radical (unpaired) electrons. The largest absolute Gasteiger partial charge is 0.480 e. The molecule has 0 aliphatic carbocycles. The molecule has 9 nitrogen and oxygen atoms in total. The molecule has 1 aliphatic heterocycles. The van der Waals surface area contributed by atoms with Gasteiger partial charge < -0.3 is 15.7 Å². The van der Waals surface area contributed by atoms with Gasteiger partial charge in [-0.1, -0.05) is 0 Å². The zero-order valence-corrected chi connectivity index (χ0v) is 9.31. The minimum absolute atomic E-state index is 0.114. The van der Waals surface area contributed by atoms with Crippen molar-refractivity contribution in [2.24, 2.45) is 0 Å². The van der Waals surface area contributed by atoms with Crippen molar-refractivity contribution in [2.45, 2.75) is 18.9 Å². The lowest BCUT2D eigenvalue weighted by atomic mass is 10.2. The molecule has 1 saturated heterocycles. The molecule has 1 aliphatic rings. The van der Waals surface area contributed by atoms with Crippen molar-refractivity contribution >= 4 is 23.4 Å². The number of hydrogen-bond acceptors (Lipinski definition) is 7. The zero-order valence-electron chi connectivity index (χ0n) is 9.31. The predicted molar refractivity (Wildman–Crippen MR) is 61.1 cm³/mol. The van der Waals surface area contributed by atoms with Gasteiger partial charge in [0.05, 0.1) is 4.92 Å². The third kappa shape index (κ3) is 2.01. The minimum atomic E-state index is -0.965. The van der Waals surface area contributed by atoms with Crippen LogP contribution >= 0.6 is 0 Å². The van der Waals surface area contributed by atoms with E-state index in [2.05, 4.69) is 9.97 Å². The third-order valence-corrected chi connectivity index (χ3v) is 2.78. The first-order valence-electron chi connectivity index (χ1n) is 5.27. The highest BCUT2D eigenvalue weighted by molar-refractivity contribution is 5.78. The van der Waals surface area contributed by atoms with Crippen LogP contribution in [0.5, 0.6) is 0 Å². The van der Waals surface area contributed by atoms with E-state index >= 15 is 0 Å². The Morgan fingerprint density at radius 1 is 1.67 bits per heavy atom. The molecule has 96 valence electrons. The van der Waals surface area contributed by atoms with Crippen LogP contribution in [0.2, 0.25) is 0 Å².